The second-order valence-electron chi connectivity index (χ2n) is 17.4. The first-order chi connectivity index (χ1) is 33.7. The number of amides is 10. The van der Waals surface area contributed by atoms with E-state index in [1.165, 1.54) is 18.3 Å². The average molecular weight is 1030 g/mol. The maximum absolute atomic E-state index is 14.6. The predicted octanol–water partition coefficient (Wildman–Crippen LogP) is -3.74. The molecule has 26 heteroatoms. The molecule has 0 aliphatic carbocycles. The van der Waals surface area contributed by atoms with Gasteiger partial charge in [-0.15, -0.1) is 11.3 Å². The van der Waals surface area contributed by atoms with Crippen LogP contribution in [0, 0.1) is 0 Å². The Labute approximate surface area is 418 Å². The highest BCUT2D eigenvalue weighted by atomic mass is 32.2. The first kappa shape index (κ1) is 56.8. The number of hydrogen-bond acceptors (Lipinski definition) is 14. The molecule has 2 saturated heterocycles. The molecule has 388 valence electrons. The largest absolute Gasteiger partial charge is 0.391 e. The van der Waals surface area contributed by atoms with Crippen LogP contribution < -0.4 is 60.2 Å². The number of hydrogen-bond donors (Lipinski definition) is 12. The van der Waals surface area contributed by atoms with Crippen molar-refractivity contribution in [3.05, 3.63) is 58.3 Å². The van der Waals surface area contributed by atoms with Crippen molar-refractivity contribution in [2.45, 2.75) is 120 Å². The number of aliphatic imine (C=N–C) groups is 1. The molecule has 4 rings (SSSR count). The van der Waals surface area contributed by atoms with Crippen LogP contribution in [0.1, 0.15) is 69.2 Å². The fourth-order valence-corrected chi connectivity index (χ4v) is 9.39. The Balaban J connectivity index is 1.67. The Morgan fingerprint density at radius 3 is 2.24 bits per heavy atom. The van der Waals surface area contributed by atoms with Crippen molar-refractivity contribution in [2.75, 3.05) is 31.1 Å². The van der Waals surface area contributed by atoms with Gasteiger partial charge in [0.15, 0.2) is 5.96 Å². The molecule has 2 aliphatic heterocycles. The van der Waals surface area contributed by atoms with E-state index in [1.807, 2.05) is 0 Å². The molecule has 1 aromatic heterocycles. The van der Waals surface area contributed by atoms with E-state index < -0.39 is 120 Å². The topological polar surface area (TPSA) is 395 Å². The standard InChI is InChI=1S/C45H65N13O11S2/c1-3-45(2)43(69)56-31(21-34(46)60)39(65)55-32(42(68)58-23-26(59)19-33(58)41(67)53-28(13-7-15-50-44(48)49)37(63)51-22-35(47)61)24-70-16-9-14-36(62)52-29(18-25-10-5-4-6-11-25)38(64)54-30(40(66)57-45)20-27-12-8-17-71-27/h4-6,8,10-12,17,26,28-33,59H,3,7,9,13-16,18-24H2,1-2H3,(H2,46,60)(H2,47,61)(H,51,63)(H,52,62)(H,53,67)(H,54,64)(H,55,65)(H,56,69)(H,57,66)(H4,48,49,50). The maximum atomic E-state index is 14.6. The van der Waals surface area contributed by atoms with Gasteiger partial charge in [-0.3, -0.25) is 52.9 Å². The van der Waals surface area contributed by atoms with Gasteiger partial charge in [-0.1, -0.05) is 43.3 Å². The van der Waals surface area contributed by atoms with Crippen molar-refractivity contribution in [2.24, 2.45) is 27.9 Å². The van der Waals surface area contributed by atoms with Crippen LogP contribution in [0.5, 0.6) is 0 Å². The van der Waals surface area contributed by atoms with Gasteiger partial charge in [0.1, 0.15) is 41.8 Å². The molecular formula is C45H65N13O11S2. The van der Waals surface area contributed by atoms with E-state index in [0.29, 0.717) is 0 Å². The molecule has 1 aromatic carbocycles. The quantitative estimate of drug-likeness (QED) is 0.0412. The third-order valence-corrected chi connectivity index (χ3v) is 13.7. The van der Waals surface area contributed by atoms with Crippen LogP contribution in [0.4, 0.5) is 0 Å². The number of nitrogens with zero attached hydrogens (tertiary/aromatic N) is 2. The van der Waals surface area contributed by atoms with Crippen LogP contribution in [0.2, 0.25) is 0 Å². The summed E-state index contributed by atoms with van der Waals surface area (Å²) in [5.41, 5.74) is 20.5. The molecule has 71 heavy (non-hydrogen) atoms. The number of aliphatic hydroxyl groups excluding tert-OH is 1. The van der Waals surface area contributed by atoms with Gasteiger partial charge in [-0.2, -0.15) is 11.8 Å². The summed E-state index contributed by atoms with van der Waals surface area (Å²) >= 11 is 2.48. The van der Waals surface area contributed by atoms with Gasteiger partial charge in [0.25, 0.3) is 0 Å². The minimum absolute atomic E-state index is 0.0198. The minimum atomic E-state index is -1.76. The van der Waals surface area contributed by atoms with Crippen molar-refractivity contribution in [3.63, 3.8) is 0 Å². The normalized spacial score (nSPS) is 24.4. The van der Waals surface area contributed by atoms with E-state index in [4.69, 9.17) is 22.9 Å². The van der Waals surface area contributed by atoms with E-state index in [-0.39, 0.29) is 81.9 Å². The number of carbonyl (C=O) groups excluding carboxylic acids is 10. The first-order valence-electron chi connectivity index (χ1n) is 23.0. The SMILES string of the molecule is CCC1(C)NC(=O)C(Cc2cccs2)NC(=O)C(Cc2ccccc2)NC(=O)CCCSCC(C(=O)N2CC(O)CC2C(=O)NC(CCCN=C(N)N)C(=O)NCC(N)=O)NC(=O)C(CC(N)=O)NC1=O. The highest BCUT2D eigenvalue weighted by Crippen LogP contribution is 2.22. The monoisotopic (exact) mass is 1030 g/mol. The Morgan fingerprint density at radius 1 is 0.887 bits per heavy atom. The summed E-state index contributed by atoms with van der Waals surface area (Å²) in [5.74, 6) is -8.35. The third-order valence-electron chi connectivity index (χ3n) is 11.7. The number of aliphatic hydroxyl groups is 1. The summed E-state index contributed by atoms with van der Waals surface area (Å²) in [7, 11) is 0. The number of likely N-dealkylation sites (tertiary alicyclic amines) is 1. The molecule has 8 unspecified atom stereocenters. The number of nitrogens with one attached hydrogen (secondary N) is 7. The van der Waals surface area contributed by atoms with Crippen LogP contribution in [0.15, 0.2) is 52.8 Å². The van der Waals surface area contributed by atoms with Gasteiger partial charge in [0.05, 0.1) is 19.1 Å². The highest BCUT2D eigenvalue weighted by Gasteiger charge is 2.44. The lowest BCUT2D eigenvalue weighted by molar-refractivity contribution is -0.142. The van der Waals surface area contributed by atoms with E-state index in [1.54, 1.807) is 54.8 Å². The lowest BCUT2D eigenvalue weighted by Crippen LogP contribution is -2.64. The number of thioether (sulfide) groups is 1. The summed E-state index contributed by atoms with van der Waals surface area (Å²) < 4.78 is 0. The number of thiophene rings is 1. The zero-order valence-corrected chi connectivity index (χ0v) is 41.2. The lowest BCUT2D eigenvalue weighted by atomic mass is 9.95. The zero-order chi connectivity index (χ0) is 52.3. The Morgan fingerprint density at radius 2 is 1.59 bits per heavy atom. The molecule has 2 aliphatic rings. The van der Waals surface area contributed by atoms with Crippen molar-refractivity contribution < 1.29 is 53.1 Å². The summed E-state index contributed by atoms with van der Waals surface area (Å²) in [6, 6.07) is 4.29. The van der Waals surface area contributed by atoms with Gasteiger partial charge in [-0.05, 0) is 55.4 Å². The Hall–Kier alpha value is -6.80. The lowest BCUT2D eigenvalue weighted by Gasteiger charge is -2.33. The van der Waals surface area contributed by atoms with Gasteiger partial charge < -0.3 is 70.2 Å². The van der Waals surface area contributed by atoms with E-state index in [0.717, 1.165) is 27.1 Å². The predicted molar refractivity (Wildman–Crippen MR) is 263 cm³/mol. The van der Waals surface area contributed by atoms with Gasteiger partial charge in [-0.25, -0.2) is 0 Å². The van der Waals surface area contributed by atoms with Gasteiger partial charge in [0.2, 0.25) is 59.1 Å². The number of primary amides is 2. The molecule has 16 N–H and O–H groups in total. The molecule has 8 atom stereocenters. The minimum Gasteiger partial charge on any atom is -0.391 e. The van der Waals surface area contributed by atoms with Crippen molar-refractivity contribution in [3.8, 4) is 0 Å². The summed E-state index contributed by atoms with van der Waals surface area (Å²) in [5, 5.41) is 30.9. The van der Waals surface area contributed by atoms with E-state index in [2.05, 4.69) is 42.2 Å². The number of benzene rings is 1. The van der Waals surface area contributed by atoms with Crippen molar-refractivity contribution in [1.82, 2.24) is 42.1 Å². The van der Waals surface area contributed by atoms with Crippen LogP contribution >= 0.6 is 23.1 Å². The summed E-state index contributed by atoms with van der Waals surface area (Å²) in [4.78, 5) is 141. The summed E-state index contributed by atoms with van der Waals surface area (Å²) in [6.45, 7) is 2.14. The van der Waals surface area contributed by atoms with Crippen molar-refractivity contribution >= 4 is 88.1 Å². The number of carbonyl (C=O) groups is 10. The molecule has 0 bridgehead atoms. The molecule has 0 saturated carbocycles. The van der Waals surface area contributed by atoms with Crippen LogP contribution in [-0.2, 0) is 60.8 Å². The van der Waals surface area contributed by atoms with Gasteiger partial charge in [0, 0.05) is 49.4 Å². The fraction of sp³-hybridized carbons (Fsp3) is 0.533. The molecule has 0 spiro atoms. The van der Waals surface area contributed by atoms with E-state index in [9.17, 15) is 53.1 Å². The van der Waals surface area contributed by atoms with Gasteiger partial charge >= 0.3 is 0 Å². The van der Waals surface area contributed by atoms with Crippen molar-refractivity contribution in [1.29, 1.82) is 0 Å². The molecule has 0 radical (unpaired) electrons. The van der Waals surface area contributed by atoms with Crippen LogP contribution in [-0.4, -0.2) is 154 Å². The molecular weight excluding hydrogens is 963 g/mol. The van der Waals surface area contributed by atoms with Crippen LogP contribution in [0.25, 0.3) is 0 Å². The fourth-order valence-electron chi connectivity index (χ4n) is 7.66. The number of nitrogens with two attached hydrogens (primary N) is 4. The zero-order valence-electron chi connectivity index (χ0n) is 39.6. The average Bonchev–Trinajstić information content (AvgIpc) is 3.99. The second kappa shape index (κ2) is 27.6. The molecule has 24 nitrogen and oxygen atoms in total. The molecule has 10 amide bonds. The number of rotatable bonds is 17. The smallest absolute Gasteiger partial charge is 0.246 e. The molecule has 2 fully saturated rings. The molecule has 2 aromatic rings. The summed E-state index contributed by atoms with van der Waals surface area (Å²) in [6.07, 6.45) is -1.87. The second-order valence-corrected chi connectivity index (χ2v) is 19.5. The maximum Gasteiger partial charge on any atom is 0.246 e. The number of guanidine groups is 1. The third kappa shape index (κ3) is 18.2. The first-order valence-corrected chi connectivity index (χ1v) is 25.1. The molecule has 3 heterocycles. The number of β-amino-alcohol motifs (C(OH)–C–C–N with tert-alkyl or cyclic N) is 1. The van der Waals surface area contributed by atoms with Crippen LogP contribution in [0.3, 0.4) is 0 Å². The Kier molecular flexibility index (Phi) is 22.0. The Bertz CT molecular complexity index is 2250. The van der Waals surface area contributed by atoms with E-state index >= 15 is 0 Å². The highest BCUT2D eigenvalue weighted by molar-refractivity contribution is 7.99.